The molecule has 1 heterocycles. The van der Waals surface area contributed by atoms with Crippen molar-refractivity contribution in [2.45, 2.75) is 6.61 Å². The summed E-state index contributed by atoms with van der Waals surface area (Å²) in [6.07, 6.45) is 0. The van der Waals surface area contributed by atoms with E-state index >= 15 is 0 Å². The molecule has 0 fully saturated rings. The molecule has 0 spiro atoms. The zero-order chi connectivity index (χ0) is 10.8. The van der Waals surface area contributed by atoms with Crippen molar-refractivity contribution in [1.82, 2.24) is 9.78 Å². The first kappa shape index (κ1) is 10.2. The van der Waals surface area contributed by atoms with E-state index in [0.29, 0.717) is 5.82 Å². The van der Waals surface area contributed by atoms with Gasteiger partial charge in [0.15, 0.2) is 0 Å². The number of aliphatic hydroxyl groups excluding tert-OH is 1. The van der Waals surface area contributed by atoms with Crippen molar-refractivity contribution in [2.24, 2.45) is 0 Å². The number of nitrogens with zero attached hydrogens (tertiary/aromatic N) is 2. The number of nitrogen functional groups attached to an aromatic ring is 1. The molecule has 0 amide bonds. The standard InChI is InChI=1S/C10H10BrN3O/c11-9-5-10(12)13-14(9)8-3-1-7(6-15)2-4-8/h1-5,15H,6H2,(H2,12,13). The molecule has 2 rings (SSSR count). The first-order valence-electron chi connectivity index (χ1n) is 4.42. The summed E-state index contributed by atoms with van der Waals surface area (Å²) in [7, 11) is 0. The van der Waals surface area contributed by atoms with E-state index in [1.807, 2.05) is 24.3 Å². The van der Waals surface area contributed by atoms with Crippen LogP contribution in [0.1, 0.15) is 5.56 Å². The van der Waals surface area contributed by atoms with Crippen LogP contribution in [0.5, 0.6) is 0 Å². The Bertz CT molecular complexity index is 464. The summed E-state index contributed by atoms with van der Waals surface area (Å²) >= 11 is 3.36. The lowest BCUT2D eigenvalue weighted by Gasteiger charge is -2.03. The molecule has 0 unspecified atom stereocenters. The van der Waals surface area contributed by atoms with Gasteiger partial charge in [0, 0.05) is 6.07 Å². The first-order valence-corrected chi connectivity index (χ1v) is 5.21. The van der Waals surface area contributed by atoms with Crippen LogP contribution in [-0.2, 0) is 6.61 Å². The minimum absolute atomic E-state index is 0.0443. The third kappa shape index (κ3) is 2.03. The third-order valence-corrected chi connectivity index (χ3v) is 2.61. The number of aromatic nitrogens is 2. The number of halogens is 1. The molecule has 15 heavy (non-hydrogen) atoms. The molecule has 0 saturated heterocycles. The molecule has 4 nitrogen and oxygen atoms in total. The number of nitrogens with two attached hydrogens (primary N) is 1. The topological polar surface area (TPSA) is 64.1 Å². The van der Waals surface area contributed by atoms with Gasteiger partial charge >= 0.3 is 0 Å². The second-order valence-corrected chi connectivity index (χ2v) is 3.94. The predicted octanol–water partition coefficient (Wildman–Crippen LogP) is 1.71. The molecule has 0 aliphatic heterocycles. The Hall–Kier alpha value is -1.33. The number of aliphatic hydroxyl groups is 1. The highest BCUT2D eigenvalue weighted by atomic mass is 79.9. The fourth-order valence-corrected chi connectivity index (χ4v) is 1.82. The Morgan fingerprint density at radius 3 is 2.47 bits per heavy atom. The van der Waals surface area contributed by atoms with E-state index in [9.17, 15) is 0 Å². The lowest BCUT2D eigenvalue weighted by Crippen LogP contribution is -1.98. The van der Waals surface area contributed by atoms with Crippen LogP contribution < -0.4 is 5.73 Å². The summed E-state index contributed by atoms with van der Waals surface area (Å²) in [6, 6.07) is 9.19. The summed E-state index contributed by atoms with van der Waals surface area (Å²) in [5.74, 6) is 0.466. The Balaban J connectivity index is 2.41. The Kier molecular flexibility index (Phi) is 2.75. The van der Waals surface area contributed by atoms with E-state index in [1.54, 1.807) is 10.7 Å². The van der Waals surface area contributed by atoms with E-state index in [1.165, 1.54) is 0 Å². The molecule has 0 aliphatic carbocycles. The minimum atomic E-state index is 0.0443. The van der Waals surface area contributed by atoms with Gasteiger partial charge in [-0.3, -0.25) is 0 Å². The molecular formula is C10H10BrN3O. The highest BCUT2D eigenvalue weighted by Gasteiger charge is 2.04. The van der Waals surface area contributed by atoms with Gasteiger partial charge in [0.05, 0.1) is 12.3 Å². The largest absolute Gasteiger partial charge is 0.392 e. The maximum Gasteiger partial charge on any atom is 0.147 e. The van der Waals surface area contributed by atoms with Gasteiger partial charge in [-0.25, -0.2) is 4.68 Å². The second kappa shape index (κ2) is 4.04. The fraction of sp³-hybridized carbons (Fsp3) is 0.100. The monoisotopic (exact) mass is 267 g/mol. The smallest absolute Gasteiger partial charge is 0.147 e. The van der Waals surface area contributed by atoms with Crippen LogP contribution in [0.3, 0.4) is 0 Å². The van der Waals surface area contributed by atoms with Crippen LogP contribution in [0.25, 0.3) is 5.69 Å². The van der Waals surface area contributed by atoms with E-state index in [-0.39, 0.29) is 6.61 Å². The van der Waals surface area contributed by atoms with Gasteiger partial charge in [0.1, 0.15) is 10.4 Å². The Morgan fingerprint density at radius 2 is 2.00 bits per heavy atom. The summed E-state index contributed by atoms with van der Waals surface area (Å²) in [4.78, 5) is 0. The van der Waals surface area contributed by atoms with Crippen LogP contribution in [0.15, 0.2) is 34.9 Å². The van der Waals surface area contributed by atoms with Crippen molar-refractivity contribution in [2.75, 3.05) is 5.73 Å². The average Bonchev–Trinajstić information content (AvgIpc) is 2.58. The van der Waals surface area contributed by atoms with E-state index in [0.717, 1.165) is 15.9 Å². The van der Waals surface area contributed by atoms with E-state index in [2.05, 4.69) is 21.0 Å². The Morgan fingerprint density at radius 1 is 1.33 bits per heavy atom. The number of anilines is 1. The van der Waals surface area contributed by atoms with Crippen LogP contribution in [0.4, 0.5) is 5.82 Å². The maximum absolute atomic E-state index is 8.91. The third-order valence-electron chi connectivity index (χ3n) is 2.05. The van der Waals surface area contributed by atoms with Crippen molar-refractivity contribution >= 4 is 21.7 Å². The fourth-order valence-electron chi connectivity index (χ4n) is 1.30. The molecule has 0 bridgehead atoms. The quantitative estimate of drug-likeness (QED) is 0.871. The maximum atomic E-state index is 8.91. The number of benzene rings is 1. The Labute approximate surface area is 95.5 Å². The van der Waals surface area contributed by atoms with Gasteiger partial charge < -0.3 is 10.8 Å². The predicted molar refractivity (Wildman–Crippen MR) is 61.6 cm³/mol. The van der Waals surface area contributed by atoms with Crippen LogP contribution in [0, 0.1) is 0 Å². The SMILES string of the molecule is Nc1cc(Br)n(-c2ccc(CO)cc2)n1. The van der Waals surface area contributed by atoms with Crippen molar-refractivity contribution in [3.63, 3.8) is 0 Å². The minimum Gasteiger partial charge on any atom is -0.392 e. The molecule has 0 saturated carbocycles. The summed E-state index contributed by atoms with van der Waals surface area (Å²) < 4.78 is 2.49. The van der Waals surface area contributed by atoms with Crippen LogP contribution >= 0.6 is 15.9 Å². The lowest BCUT2D eigenvalue weighted by molar-refractivity contribution is 0.282. The van der Waals surface area contributed by atoms with Gasteiger partial charge in [-0.2, -0.15) is 0 Å². The molecule has 78 valence electrons. The van der Waals surface area contributed by atoms with Crippen molar-refractivity contribution < 1.29 is 5.11 Å². The van der Waals surface area contributed by atoms with Crippen LogP contribution in [0.2, 0.25) is 0 Å². The molecule has 5 heteroatoms. The van der Waals surface area contributed by atoms with Crippen molar-refractivity contribution in [3.8, 4) is 5.69 Å². The summed E-state index contributed by atoms with van der Waals surface area (Å²) in [5, 5.41) is 13.0. The second-order valence-electron chi connectivity index (χ2n) is 3.13. The normalized spacial score (nSPS) is 10.5. The molecule has 0 radical (unpaired) electrons. The highest BCUT2D eigenvalue weighted by molar-refractivity contribution is 9.10. The molecular weight excluding hydrogens is 258 g/mol. The molecule has 0 atom stereocenters. The lowest BCUT2D eigenvalue weighted by atomic mass is 10.2. The summed E-state index contributed by atoms with van der Waals surface area (Å²) in [6.45, 7) is 0.0443. The number of rotatable bonds is 2. The van der Waals surface area contributed by atoms with E-state index in [4.69, 9.17) is 10.8 Å². The average molecular weight is 268 g/mol. The van der Waals surface area contributed by atoms with Gasteiger partial charge in [0.25, 0.3) is 0 Å². The van der Waals surface area contributed by atoms with Crippen molar-refractivity contribution in [1.29, 1.82) is 0 Å². The zero-order valence-corrected chi connectivity index (χ0v) is 9.48. The first-order chi connectivity index (χ1) is 7.20. The number of hydrogen-bond donors (Lipinski definition) is 2. The van der Waals surface area contributed by atoms with Crippen molar-refractivity contribution in [3.05, 3.63) is 40.5 Å². The highest BCUT2D eigenvalue weighted by Crippen LogP contribution is 2.19. The van der Waals surface area contributed by atoms with Gasteiger partial charge in [-0.15, -0.1) is 5.10 Å². The van der Waals surface area contributed by atoms with Gasteiger partial charge in [-0.05, 0) is 33.6 Å². The molecule has 0 aliphatic rings. The zero-order valence-electron chi connectivity index (χ0n) is 7.89. The molecule has 1 aromatic heterocycles. The molecule has 3 N–H and O–H groups in total. The van der Waals surface area contributed by atoms with Gasteiger partial charge in [0.2, 0.25) is 0 Å². The molecule has 2 aromatic rings. The number of hydrogen-bond acceptors (Lipinski definition) is 3. The van der Waals surface area contributed by atoms with E-state index < -0.39 is 0 Å². The van der Waals surface area contributed by atoms with Gasteiger partial charge in [-0.1, -0.05) is 12.1 Å². The summed E-state index contributed by atoms with van der Waals surface area (Å²) in [5.41, 5.74) is 7.34. The molecule has 1 aromatic carbocycles. The van der Waals surface area contributed by atoms with Crippen LogP contribution in [-0.4, -0.2) is 14.9 Å².